The van der Waals surface area contributed by atoms with E-state index in [4.69, 9.17) is 14.6 Å². The minimum atomic E-state index is -1.00. The minimum Gasteiger partial charge on any atom is -0.481 e. The molecule has 1 aromatic rings. The van der Waals surface area contributed by atoms with Crippen LogP contribution in [-0.2, 0) is 14.3 Å². The van der Waals surface area contributed by atoms with E-state index in [9.17, 15) is 9.59 Å². The van der Waals surface area contributed by atoms with Crippen molar-refractivity contribution < 1.29 is 24.2 Å². The molecule has 0 amide bonds. The van der Waals surface area contributed by atoms with E-state index in [1.54, 1.807) is 30.3 Å². The van der Waals surface area contributed by atoms with Crippen molar-refractivity contribution in [3.63, 3.8) is 0 Å². The molecule has 0 aromatic heterocycles. The van der Waals surface area contributed by atoms with Crippen molar-refractivity contribution in [1.29, 1.82) is 0 Å². The van der Waals surface area contributed by atoms with Gasteiger partial charge in [0.1, 0.15) is 5.75 Å². The van der Waals surface area contributed by atoms with Crippen LogP contribution in [0.3, 0.4) is 0 Å². The monoisotopic (exact) mass is 268 g/mol. The normalized spacial score (nSPS) is 9.16. The Bertz CT molecular complexity index is 359. The van der Waals surface area contributed by atoms with Gasteiger partial charge in [0.05, 0.1) is 12.8 Å². The largest absolute Gasteiger partial charge is 0.481 e. The molecule has 0 unspecified atom stereocenters. The summed E-state index contributed by atoms with van der Waals surface area (Å²) in [6, 6.07) is 8.55. The molecule has 106 valence electrons. The van der Waals surface area contributed by atoms with Gasteiger partial charge in [0.2, 0.25) is 0 Å². The molecule has 19 heavy (non-hydrogen) atoms. The second kappa shape index (κ2) is 11.2. The third-order valence-electron chi connectivity index (χ3n) is 1.93. The molecule has 5 heteroatoms. The molecule has 0 fully saturated rings. The van der Waals surface area contributed by atoms with Crippen molar-refractivity contribution in [2.45, 2.75) is 26.7 Å². The maximum absolute atomic E-state index is 11.0. The second-order valence-electron chi connectivity index (χ2n) is 3.46. The first kappa shape index (κ1) is 17.1. The van der Waals surface area contributed by atoms with E-state index in [-0.39, 0.29) is 12.8 Å². The van der Waals surface area contributed by atoms with Gasteiger partial charge in [-0.3, -0.25) is 9.59 Å². The molecule has 5 nitrogen and oxygen atoms in total. The number of aliphatic carboxylic acids is 1. The van der Waals surface area contributed by atoms with E-state index in [0.29, 0.717) is 5.75 Å². The van der Waals surface area contributed by atoms with Crippen molar-refractivity contribution in [2.75, 3.05) is 13.2 Å². The predicted molar refractivity (Wildman–Crippen MR) is 71.1 cm³/mol. The van der Waals surface area contributed by atoms with Gasteiger partial charge in [0.15, 0.2) is 0 Å². The van der Waals surface area contributed by atoms with Crippen LogP contribution in [0.25, 0.3) is 0 Å². The van der Waals surface area contributed by atoms with E-state index >= 15 is 0 Å². The summed E-state index contributed by atoms with van der Waals surface area (Å²) in [5.74, 6) is -1.10. The highest BCUT2D eigenvalue weighted by Gasteiger charge is 2.06. The number of rotatable bonds is 6. The lowest BCUT2D eigenvalue weighted by atomic mass is 10.3. The van der Waals surface area contributed by atoms with Crippen LogP contribution in [0.15, 0.2) is 30.3 Å². The minimum absolute atomic E-state index is 0.107. The number of carboxylic acids is 1. The Morgan fingerprint density at radius 1 is 1.05 bits per heavy atom. The number of para-hydroxylation sites is 1. The Kier molecular flexibility index (Phi) is 10.1. The van der Waals surface area contributed by atoms with Crippen LogP contribution in [0.2, 0.25) is 0 Å². The Morgan fingerprint density at radius 2 is 1.63 bits per heavy atom. The van der Waals surface area contributed by atoms with E-state index in [1.807, 2.05) is 13.8 Å². The molecule has 0 aliphatic heterocycles. The van der Waals surface area contributed by atoms with Gasteiger partial charge in [-0.05, 0) is 26.0 Å². The van der Waals surface area contributed by atoms with Gasteiger partial charge in [0.25, 0.3) is 0 Å². The first-order chi connectivity index (χ1) is 9.10. The van der Waals surface area contributed by atoms with Gasteiger partial charge in [0, 0.05) is 13.2 Å². The third-order valence-corrected chi connectivity index (χ3v) is 1.93. The zero-order valence-electron chi connectivity index (χ0n) is 11.3. The molecule has 1 rings (SSSR count). The summed E-state index contributed by atoms with van der Waals surface area (Å²) in [7, 11) is 0. The average molecular weight is 268 g/mol. The lowest BCUT2D eigenvalue weighted by Gasteiger charge is -2.01. The van der Waals surface area contributed by atoms with Gasteiger partial charge in [-0.2, -0.15) is 0 Å². The highest BCUT2D eigenvalue weighted by Crippen LogP contribution is 2.09. The Hall–Kier alpha value is -1.88. The molecule has 0 spiro atoms. The molecule has 0 atom stereocenters. The van der Waals surface area contributed by atoms with E-state index in [0.717, 1.165) is 13.2 Å². The van der Waals surface area contributed by atoms with Crippen molar-refractivity contribution in [3.05, 3.63) is 30.3 Å². The van der Waals surface area contributed by atoms with Crippen molar-refractivity contribution >= 4 is 11.9 Å². The number of carbonyl (C=O) groups excluding carboxylic acids is 1. The maximum Gasteiger partial charge on any atom is 0.311 e. The van der Waals surface area contributed by atoms with Crippen LogP contribution in [0.1, 0.15) is 26.7 Å². The number of carbonyl (C=O) groups is 2. The van der Waals surface area contributed by atoms with Gasteiger partial charge < -0.3 is 14.6 Å². The van der Waals surface area contributed by atoms with Gasteiger partial charge >= 0.3 is 11.9 Å². The molecule has 0 aliphatic carbocycles. The van der Waals surface area contributed by atoms with E-state index in [1.165, 1.54) is 0 Å². The SMILES string of the molecule is CCOCC.O=C(O)CCC(=O)Oc1ccccc1. The molecule has 0 bridgehead atoms. The topological polar surface area (TPSA) is 72.8 Å². The van der Waals surface area contributed by atoms with E-state index in [2.05, 4.69) is 0 Å². The summed E-state index contributed by atoms with van der Waals surface area (Å²) < 4.78 is 9.70. The number of hydrogen-bond donors (Lipinski definition) is 1. The smallest absolute Gasteiger partial charge is 0.311 e. The summed E-state index contributed by atoms with van der Waals surface area (Å²) >= 11 is 0. The Balaban J connectivity index is 0.000000555. The standard InChI is InChI=1S/C10H10O4.C4H10O/c11-9(12)6-7-10(13)14-8-4-2-1-3-5-8;1-3-5-4-2/h1-5H,6-7H2,(H,11,12);3-4H2,1-2H3. The highest BCUT2D eigenvalue weighted by molar-refractivity contribution is 5.78. The fourth-order valence-electron chi connectivity index (χ4n) is 1.08. The molecule has 0 heterocycles. The van der Waals surface area contributed by atoms with Crippen LogP contribution in [0, 0.1) is 0 Å². The molecule has 0 aliphatic rings. The molecule has 1 N–H and O–H groups in total. The van der Waals surface area contributed by atoms with Crippen molar-refractivity contribution in [3.8, 4) is 5.75 Å². The molecule has 0 saturated heterocycles. The number of benzene rings is 1. The third kappa shape index (κ3) is 11.0. The molecular formula is C14H20O5. The fourth-order valence-corrected chi connectivity index (χ4v) is 1.08. The predicted octanol–water partition coefficient (Wildman–Crippen LogP) is 2.50. The van der Waals surface area contributed by atoms with Crippen LogP contribution in [0.4, 0.5) is 0 Å². The summed E-state index contributed by atoms with van der Waals surface area (Å²) in [5.41, 5.74) is 0. The summed E-state index contributed by atoms with van der Waals surface area (Å²) in [6.07, 6.45) is -0.310. The summed E-state index contributed by atoms with van der Waals surface area (Å²) in [5, 5.41) is 8.32. The van der Waals surface area contributed by atoms with Crippen LogP contribution >= 0.6 is 0 Å². The first-order valence-corrected chi connectivity index (χ1v) is 6.15. The summed E-state index contributed by atoms with van der Waals surface area (Å²) in [4.78, 5) is 21.2. The molecule has 0 radical (unpaired) electrons. The highest BCUT2D eigenvalue weighted by atomic mass is 16.5. The maximum atomic E-state index is 11.0. The number of ether oxygens (including phenoxy) is 2. The zero-order valence-corrected chi connectivity index (χ0v) is 11.3. The van der Waals surface area contributed by atoms with Crippen molar-refractivity contribution in [2.24, 2.45) is 0 Å². The first-order valence-electron chi connectivity index (χ1n) is 6.15. The Labute approximate surface area is 113 Å². The zero-order chi connectivity index (χ0) is 14.5. The molecule has 0 saturated carbocycles. The fraction of sp³-hybridized carbons (Fsp3) is 0.429. The lowest BCUT2D eigenvalue weighted by molar-refractivity contribution is -0.142. The van der Waals surface area contributed by atoms with Crippen LogP contribution in [-0.4, -0.2) is 30.3 Å². The quantitative estimate of drug-likeness (QED) is 0.634. The summed E-state index contributed by atoms with van der Waals surface area (Å²) in [6.45, 7) is 5.67. The van der Waals surface area contributed by atoms with Gasteiger partial charge in [-0.15, -0.1) is 0 Å². The second-order valence-corrected chi connectivity index (χ2v) is 3.46. The van der Waals surface area contributed by atoms with Crippen molar-refractivity contribution in [1.82, 2.24) is 0 Å². The Morgan fingerprint density at radius 3 is 2.05 bits per heavy atom. The van der Waals surface area contributed by atoms with Crippen LogP contribution in [0.5, 0.6) is 5.75 Å². The average Bonchev–Trinajstić information content (AvgIpc) is 2.39. The van der Waals surface area contributed by atoms with Gasteiger partial charge in [-0.1, -0.05) is 18.2 Å². The molecule has 1 aromatic carbocycles. The molecular weight excluding hydrogens is 248 g/mol. The number of carboxylic acid groups (broad SMARTS) is 1. The number of hydrogen-bond acceptors (Lipinski definition) is 4. The van der Waals surface area contributed by atoms with Gasteiger partial charge in [-0.25, -0.2) is 0 Å². The lowest BCUT2D eigenvalue weighted by Crippen LogP contribution is -2.09. The van der Waals surface area contributed by atoms with E-state index < -0.39 is 11.9 Å². The number of esters is 1. The van der Waals surface area contributed by atoms with Crippen LogP contribution < -0.4 is 4.74 Å².